The maximum absolute atomic E-state index is 9.98. The molecule has 0 unspecified atom stereocenters. The summed E-state index contributed by atoms with van der Waals surface area (Å²) in [6.07, 6.45) is 5.73. The van der Waals surface area contributed by atoms with Crippen LogP contribution in [0.4, 0.5) is 0 Å². The fourth-order valence-electron chi connectivity index (χ4n) is 2.18. The van der Waals surface area contributed by atoms with Crippen molar-refractivity contribution in [1.29, 1.82) is 0 Å². The molecule has 1 aliphatic carbocycles. The molecule has 0 heterocycles. The lowest BCUT2D eigenvalue weighted by Crippen LogP contribution is -2.28. The molecule has 0 radical (unpaired) electrons. The fourth-order valence-corrected chi connectivity index (χ4v) is 2.18. The first-order chi connectivity index (χ1) is 6.75. The van der Waals surface area contributed by atoms with Gasteiger partial charge in [-0.1, -0.05) is 31.1 Å². The molecule has 2 heteroatoms. The molecule has 0 saturated heterocycles. The van der Waals surface area contributed by atoms with Gasteiger partial charge in [0.05, 0.1) is 6.10 Å². The van der Waals surface area contributed by atoms with E-state index in [0.29, 0.717) is 5.92 Å². The van der Waals surface area contributed by atoms with Crippen molar-refractivity contribution < 1.29 is 10.2 Å². The number of aliphatic hydroxyl groups is 2. The SMILES string of the molecule is C[C@@H](C#CCO)[C@@H](O)C1CCCCC1. The summed E-state index contributed by atoms with van der Waals surface area (Å²) in [6, 6.07) is 0. The van der Waals surface area contributed by atoms with Crippen LogP contribution >= 0.6 is 0 Å². The molecule has 0 aromatic rings. The third-order valence-corrected chi connectivity index (χ3v) is 3.05. The molecule has 1 saturated carbocycles. The van der Waals surface area contributed by atoms with Crippen LogP contribution < -0.4 is 0 Å². The van der Waals surface area contributed by atoms with Crippen LogP contribution in [0.15, 0.2) is 0 Å². The van der Waals surface area contributed by atoms with E-state index in [-0.39, 0.29) is 18.6 Å². The van der Waals surface area contributed by atoms with E-state index in [1.165, 1.54) is 19.3 Å². The molecule has 80 valence electrons. The Bertz CT molecular complexity index is 208. The number of aliphatic hydroxyl groups excluding tert-OH is 2. The summed E-state index contributed by atoms with van der Waals surface area (Å²) in [4.78, 5) is 0. The first kappa shape index (κ1) is 11.6. The van der Waals surface area contributed by atoms with E-state index in [9.17, 15) is 5.11 Å². The van der Waals surface area contributed by atoms with E-state index in [2.05, 4.69) is 11.8 Å². The Morgan fingerprint density at radius 2 is 1.93 bits per heavy atom. The van der Waals surface area contributed by atoms with Crippen LogP contribution in [0.1, 0.15) is 39.0 Å². The van der Waals surface area contributed by atoms with Crippen molar-refractivity contribution >= 4 is 0 Å². The minimum atomic E-state index is -0.311. The van der Waals surface area contributed by atoms with Crippen molar-refractivity contribution in [3.63, 3.8) is 0 Å². The van der Waals surface area contributed by atoms with Gasteiger partial charge in [0.25, 0.3) is 0 Å². The summed E-state index contributed by atoms with van der Waals surface area (Å²) in [5.74, 6) is 5.91. The Morgan fingerprint density at radius 3 is 2.50 bits per heavy atom. The Hall–Kier alpha value is -0.520. The van der Waals surface area contributed by atoms with Gasteiger partial charge in [-0.05, 0) is 25.7 Å². The molecule has 0 bridgehead atoms. The highest BCUT2D eigenvalue weighted by atomic mass is 16.3. The second kappa shape index (κ2) is 6.06. The average Bonchev–Trinajstić information content (AvgIpc) is 2.26. The molecular formula is C12H20O2. The van der Waals surface area contributed by atoms with Crippen LogP contribution in [-0.2, 0) is 0 Å². The van der Waals surface area contributed by atoms with Crippen molar-refractivity contribution in [2.45, 2.75) is 45.1 Å². The van der Waals surface area contributed by atoms with Crippen molar-refractivity contribution in [2.24, 2.45) is 11.8 Å². The molecular weight excluding hydrogens is 176 g/mol. The van der Waals surface area contributed by atoms with E-state index in [0.717, 1.165) is 12.8 Å². The fraction of sp³-hybridized carbons (Fsp3) is 0.833. The molecule has 1 rings (SSSR count). The summed E-state index contributed by atoms with van der Waals surface area (Å²) in [5, 5.41) is 18.5. The largest absolute Gasteiger partial charge is 0.392 e. The minimum Gasteiger partial charge on any atom is -0.392 e. The van der Waals surface area contributed by atoms with E-state index in [4.69, 9.17) is 5.11 Å². The zero-order valence-electron chi connectivity index (χ0n) is 8.87. The smallest absolute Gasteiger partial charge is 0.104 e. The molecule has 0 aliphatic heterocycles. The zero-order valence-corrected chi connectivity index (χ0v) is 8.87. The number of hydrogen-bond donors (Lipinski definition) is 2. The summed E-state index contributed by atoms with van der Waals surface area (Å²) in [5.41, 5.74) is 0. The highest BCUT2D eigenvalue weighted by Crippen LogP contribution is 2.29. The lowest BCUT2D eigenvalue weighted by atomic mass is 9.81. The third-order valence-electron chi connectivity index (χ3n) is 3.05. The first-order valence-corrected chi connectivity index (χ1v) is 5.53. The van der Waals surface area contributed by atoms with Crippen LogP contribution in [0.5, 0.6) is 0 Å². The molecule has 1 fully saturated rings. The predicted octanol–water partition coefficient (Wildman–Crippen LogP) is 1.56. The van der Waals surface area contributed by atoms with Gasteiger partial charge in [-0.3, -0.25) is 0 Å². The van der Waals surface area contributed by atoms with Gasteiger partial charge in [0, 0.05) is 5.92 Å². The summed E-state index contributed by atoms with van der Waals surface area (Å²) < 4.78 is 0. The Balaban J connectivity index is 2.41. The van der Waals surface area contributed by atoms with Gasteiger partial charge in [-0.2, -0.15) is 0 Å². The maximum atomic E-state index is 9.98. The number of rotatable bonds is 2. The zero-order chi connectivity index (χ0) is 10.4. The van der Waals surface area contributed by atoms with Gasteiger partial charge in [0.15, 0.2) is 0 Å². The normalized spacial score (nSPS) is 22.2. The van der Waals surface area contributed by atoms with Crippen LogP contribution in [0.3, 0.4) is 0 Å². The van der Waals surface area contributed by atoms with Crippen LogP contribution in [0, 0.1) is 23.7 Å². The minimum absolute atomic E-state index is 0.00903. The van der Waals surface area contributed by atoms with Crippen LogP contribution in [-0.4, -0.2) is 22.9 Å². The summed E-state index contributed by atoms with van der Waals surface area (Å²) in [6.45, 7) is 1.82. The van der Waals surface area contributed by atoms with E-state index in [1.807, 2.05) is 6.92 Å². The van der Waals surface area contributed by atoms with Gasteiger partial charge in [0.1, 0.15) is 6.61 Å². The maximum Gasteiger partial charge on any atom is 0.104 e. The Labute approximate surface area is 86.3 Å². The van der Waals surface area contributed by atoms with Gasteiger partial charge < -0.3 is 10.2 Å². The van der Waals surface area contributed by atoms with E-state index < -0.39 is 0 Å². The lowest BCUT2D eigenvalue weighted by molar-refractivity contribution is 0.0585. The van der Waals surface area contributed by atoms with E-state index >= 15 is 0 Å². The summed E-state index contributed by atoms with van der Waals surface area (Å²) in [7, 11) is 0. The molecule has 0 spiro atoms. The molecule has 2 atom stereocenters. The topological polar surface area (TPSA) is 40.5 Å². The Morgan fingerprint density at radius 1 is 1.29 bits per heavy atom. The molecule has 0 amide bonds. The number of hydrogen-bond acceptors (Lipinski definition) is 2. The molecule has 1 aliphatic rings. The van der Waals surface area contributed by atoms with Crippen molar-refractivity contribution in [2.75, 3.05) is 6.61 Å². The highest BCUT2D eigenvalue weighted by Gasteiger charge is 2.25. The molecule has 0 aromatic carbocycles. The van der Waals surface area contributed by atoms with Gasteiger partial charge in [-0.15, -0.1) is 0 Å². The quantitative estimate of drug-likeness (QED) is 0.658. The van der Waals surface area contributed by atoms with Gasteiger partial charge >= 0.3 is 0 Å². The molecule has 14 heavy (non-hydrogen) atoms. The molecule has 0 aromatic heterocycles. The molecule has 2 nitrogen and oxygen atoms in total. The highest BCUT2D eigenvalue weighted by molar-refractivity contribution is 5.05. The second-order valence-corrected chi connectivity index (χ2v) is 4.16. The molecule has 2 N–H and O–H groups in total. The lowest BCUT2D eigenvalue weighted by Gasteiger charge is -2.28. The van der Waals surface area contributed by atoms with Crippen LogP contribution in [0.2, 0.25) is 0 Å². The Kier molecular flexibility index (Phi) is 5.00. The second-order valence-electron chi connectivity index (χ2n) is 4.16. The van der Waals surface area contributed by atoms with Crippen molar-refractivity contribution in [3.8, 4) is 11.8 Å². The van der Waals surface area contributed by atoms with Gasteiger partial charge in [-0.25, -0.2) is 0 Å². The monoisotopic (exact) mass is 196 g/mol. The third kappa shape index (κ3) is 3.32. The first-order valence-electron chi connectivity index (χ1n) is 5.53. The predicted molar refractivity (Wildman–Crippen MR) is 56.6 cm³/mol. The van der Waals surface area contributed by atoms with E-state index in [1.54, 1.807) is 0 Å². The van der Waals surface area contributed by atoms with Crippen molar-refractivity contribution in [3.05, 3.63) is 0 Å². The summed E-state index contributed by atoms with van der Waals surface area (Å²) >= 11 is 0. The van der Waals surface area contributed by atoms with Crippen LogP contribution in [0.25, 0.3) is 0 Å². The average molecular weight is 196 g/mol. The standard InChI is InChI=1S/C12H20O2/c1-10(6-5-9-13)12(14)11-7-3-2-4-8-11/h10-14H,2-4,7-9H2,1H3/t10-,12+/m0/s1. The van der Waals surface area contributed by atoms with Crippen molar-refractivity contribution in [1.82, 2.24) is 0 Å². The van der Waals surface area contributed by atoms with Gasteiger partial charge in [0.2, 0.25) is 0 Å².